The highest BCUT2D eigenvalue weighted by molar-refractivity contribution is 5.78. The van der Waals surface area contributed by atoms with Crippen LogP contribution >= 0.6 is 0 Å². The van der Waals surface area contributed by atoms with Crippen LogP contribution in [0.25, 0.3) is 0 Å². The Labute approximate surface area is 91.1 Å². The zero-order valence-corrected chi connectivity index (χ0v) is 9.13. The minimum absolute atomic E-state index is 0.152. The lowest BCUT2D eigenvalue weighted by Crippen LogP contribution is -2.40. The molecule has 0 unspecified atom stereocenters. The van der Waals surface area contributed by atoms with Gasteiger partial charge in [0.2, 0.25) is 5.91 Å². The van der Waals surface area contributed by atoms with Gasteiger partial charge in [0.05, 0.1) is 18.8 Å². The summed E-state index contributed by atoms with van der Waals surface area (Å²) in [6, 6.07) is 0. The van der Waals surface area contributed by atoms with E-state index in [1.54, 1.807) is 0 Å². The van der Waals surface area contributed by atoms with Gasteiger partial charge in [0, 0.05) is 13.1 Å². The van der Waals surface area contributed by atoms with Gasteiger partial charge in [-0.15, -0.1) is 0 Å². The van der Waals surface area contributed by atoms with Crippen molar-refractivity contribution in [1.29, 1.82) is 0 Å². The Hall–Kier alpha value is -1.03. The SMILES string of the molecule is C=COCCCNC(=O)[C@H]1CCCNC1. The highest BCUT2D eigenvalue weighted by Crippen LogP contribution is 2.09. The van der Waals surface area contributed by atoms with E-state index < -0.39 is 0 Å². The van der Waals surface area contributed by atoms with Crippen LogP contribution in [-0.4, -0.2) is 32.1 Å². The number of amides is 1. The monoisotopic (exact) mass is 212 g/mol. The molecular formula is C11H20N2O2. The minimum Gasteiger partial charge on any atom is -0.502 e. The van der Waals surface area contributed by atoms with Crippen LogP contribution in [0.5, 0.6) is 0 Å². The lowest BCUT2D eigenvalue weighted by molar-refractivity contribution is -0.125. The maximum Gasteiger partial charge on any atom is 0.224 e. The molecule has 86 valence electrons. The molecule has 1 atom stereocenters. The number of hydrogen-bond donors (Lipinski definition) is 2. The second-order valence-electron chi connectivity index (χ2n) is 3.73. The number of carbonyl (C=O) groups is 1. The predicted molar refractivity (Wildman–Crippen MR) is 59.4 cm³/mol. The molecule has 1 aliphatic rings. The van der Waals surface area contributed by atoms with E-state index in [-0.39, 0.29) is 11.8 Å². The average molecular weight is 212 g/mol. The molecule has 1 aliphatic heterocycles. The molecule has 0 aliphatic carbocycles. The van der Waals surface area contributed by atoms with Crippen LogP contribution in [0.2, 0.25) is 0 Å². The molecule has 0 bridgehead atoms. The fourth-order valence-corrected chi connectivity index (χ4v) is 1.67. The van der Waals surface area contributed by atoms with Gasteiger partial charge in [0.1, 0.15) is 0 Å². The number of piperidine rings is 1. The Bertz CT molecular complexity index is 201. The highest BCUT2D eigenvalue weighted by Gasteiger charge is 2.19. The molecule has 15 heavy (non-hydrogen) atoms. The third-order valence-electron chi connectivity index (χ3n) is 2.52. The van der Waals surface area contributed by atoms with Gasteiger partial charge in [0.15, 0.2) is 0 Å². The molecule has 0 aromatic rings. The lowest BCUT2D eigenvalue weighted by Gasteiger charge is -2.21. The van der Waals surface area contributed by atoms with Crippen molar-refractivity contribution in [2.75, 3.05) is 26.2 Å². The number of rotatable bonds is 6. The van der Waals surface area contributed by atoms with Crippen molar-refractivity contribution in [3.63, 3.8) is 0 Å². The largest absolute Gasteiger partial charge is 0.502 e. The second kappa shape index (κ2) is 7.29. The smallest absolute Gasteiger partial charge is 0.224 e. The van der Waals surface area contributed by atoms with E-state index in [2.05, 4.69) is 17.2 Å². The maximum absolute atomic E-state index is 11.6. The van der Waals surface area contributed by atoms with Crippen molar-refractivity contribution in [2.24, 2.45) is 5.92 Å². The van der Waals surface area contributed by atoms with E-state index in [0.717, 1.165) is 32.4 Å². The minimum atomic E-state index is 0.152. The molecule has 1 amide bonds. The third kappa shape index (κ3) is 4.83. The van der Waals surface area contributed by atoms with Crippen molar-refractivity contribution in [3.05, 3.63) is 12.8 Å². The van der Waals surface area contributed by atoms with E-state index >= 15 is 0 Å². The van der Waals surface area contributed by atoms with Gasteiger partial charge in [-0.25, -0.2) is 0 Å². The van der Waals surface area contributed by atoms with Crippen LogP contribution in [0.4, 0.5) is 0 Å². The van der Waals surface area contributed by atoms with Gasteiger partial charge in [-0.3, -0.25) is 4.79 Å². The molecule has 0 aromatic heterocycles. The third-order valence-corrected chi connectivity index (χ3v) is 2.52. The fraction of sp³-hybridized carbons (Fsp3) is 0.727. The first-order valence-corrected chi connectivity index (χ1v) is 5.55. The summed E-state index contributed by atoms with van der Waals surface area (Å²) in [5, 5.41) is 6.15. The van der Waals surface area contributed by atoms with Crippen LogP contribution in [0.15, 0.2) is 12.8 Å². The molecule has 2 N–H and O–H groups in total. The molecule has 1 heterocycles. The number of ether oxygens (including phenoxy) is 1. The number of nitrogens with one attached hydrogen (secondary N) is 2. The van der Waals surface area contributed by atoms with Crippen LogP contribution in [0.1, 0.15) is 19.3 Å². The van der Waals surface area contributed by atoms with E-state index in [9.17, 15) is 4.79 Å². The predicted octanol–water partition coefficient (Wildman–Crippen LogP) is 0.652. The van der Waals surface area contributed by atoms with E-state index in [0.29, 0.717) is 13.2 Å². The van der Waals surface area contributed by atoms with Crippen molar-refractivity contribution in [3.8, 4) is 0 Å². The molecule has 1 saturated heterocycles. The molecule has 0 spiro atoms. The van der Waals surface area contributed by atoms with E-state index in [1.807, 2.05) is 0 Å². The zero-order chi connectivity index (χ0) is 10.9. The molecule has 0 aromatic carbocycles. The Morgan fingerprint density at radius 3 is 3.20 bits per heavy atom. The van der Waals surface area contributed by atoms with Gasteiger partial charge in [-0.05, 0) is 25.8 Å². The topological polar surface area (TPSA) is 50.4 Å². The van der Waals surface area contributed by atoms with Crippen molar-refractivity contribution >= 4 is 5.91 Å². The van der Waals surface area contributed by atoms with E-state index in [1.165, 1.54) is 6.26 Å². The Balaban J connectivity index is 2.04. The van der Waals surface area contributed by atoms with E-state index in [4.69, 9.17) is 4.74 Å². The Morgan fingerprint density at radius 1 is 1.67 bits per heavy atom. The van der Waals surface area contributed by atoms with Crippen molar-refractivity contribution in [2.45, 2.75) is 19.3 Å². The molecular weight excluding hydrogens is 192 g/mol. The van der Waals surface area contributed by atoms with Crippen LogP contribution in [0.3, 0.4) is 0 Å². The van der Waals surface area contributed by atoms with Gasteiger partial charge in [-0.1, -0.05) is 6.58 Å². The highest BCUT2D eigenvalue weighted by atomic mass is 16.5. The van der Waals surface area contributed by atoms with Crippen molar-refractivity contribution in [1.82, 2.24) is 10.6 Å². The fourth-order valence-electron chi connectivity index (χ4n) is 1.67. The lowest BCUT2D eigenvalue weighted by atomic mass is 9.99. The first-order valence-electron chi connectivity index (χ1n) is 5.55. The summed E-state index contributed by atoms with van der Waals surface area (Å²) in [5.41, 5.74) is 0. The zero-order valence-electron chi connectivity index (χ0n) is 9.13. The van der Waals surface area contributed by atoms with Crippen LogP contribution < -0.4 is 10.6 Å². The molecule has 1 rings (SSSR count). The first kappa shape index (κ1) is 12.0. The standard InChI is InChI=1S/C11H20N2O2/c1-2-15-8-4-7-13-11(14)10-5-3-6-12-9-10/h2,10,12H,1,3-9H2,(H,13,14)/t10-/m0/s1. The Kier molecular flexibility index (Phi) is 5.85. The summed E-state index contributed by atoms with van der Waals surface area (Å²) >= 11 is 0. The maximum atomic E-state index is 11.6. The van der Waals surface area contributed by atoms with Crippen LogP contribution in [0, 0.1) is 5.92 Å². The number of hydrogen-bond acceptors (Lipinski definition) is 3. The summed E-state index contributed by atoms with van der Waals surface area (Å²) in [4.78, 5) is 11.6. The first-order chi connectivity index (χ1) is 7.34. The van der Waals surface area contributed by atoms with Gasteiger partial charge < -0.3 is 15.4 Å². The summed E-state index contributed by atoms with van der Waals surface area (Å²) in [6.07, 6.45) is 4.35. The van der Waals surface area contributed by atoms with Gasteiger partial charge in [-0.2, -0.15) is 0 Å². The van der Waals surface area contributed by atoms with Crippen LogP contribution in [-0.2, 0) is 9.53 Å². The summed E-state index contributed by atoms with van der Waals surface area (Å²) < 4.78 is 4.96. The molecule has 0 saturated carbocycles. The summed E-state index contributed by atoms with van der Waals surface area (Å²) in [5.74, 6) is 0.319. The second-order valence-corrected chi connectivity index (χ2v) is 3.73. The summed E-state index contributed by atoms with van der Waals surface area (Å²) in [6.45, 7) is 6.60. The quantitative estimate of drug-likeness (QED) is 0.502. The van der Waals surface area contributed by atoms with Gasteiger partial charge >= 0.3 is 0 Å². The molecule has 1 fully saturated rings. The molecule has 4 heteroatoms. The summed E-state index contributed by atoms with van der Waals surface area (Å²) in [7, 11) is 0. The normalized spacial score (nSPS) is 20.7. The molecule has 4 nitrogen and oxygen atoms in total. The average Bonchev–Trinajstić information content (AvgIpc) is 2.30. The molecule has 0 radical (unpaired) electrons. The number of carbonyl (C=O) groups excluding carboxylic acids is 1. The van der Waals surface area contributed by atoms with Crippen molar-refractivity contribution < 1.29 is 9.53 Å². The Morgan fingerprint density at radius 2 is 2.53 bits per heavy atom. The van der Waals surface area contributed by atoms with Gasteiger partial charge in [0.25, 0.3) is 0 Å².